The molecule has 2 aromatic carbocycles. The molecule has 0 saturated carbocycles. The van der Waals surface area contributed by atoms with Crippen molar-refractivity contribution in [2.75, 3.05) is 19.9 Å². The Bertz CT molecular complexity index is 814. The average Bonchev–Trinajstić information content (AvgIpc) is 3.17. The molecule has 2 aliphatic rings. The van der Waals surface area contributed by atoms with E-state index in [4.69, 9.17) is 14.3 Å². The summed E-state index contributed by atoms with van der Waals surface area (Å²) in [6.07, 6.45) is 3.39. The molecule has 6 nitrogen and oxygen atoms in total. The Morgan fingerprint density at radius 3 is 2.50 bits per heavy atom. The summed E-state index contributed by atoms with van der Waals surface area (Å²) in [6, 6.07) is 14.5. The van der Waals surface area contributed by atoms with Crippen LogP contribution in [-0.4, -0.2) is 36.6 Å². The van der Waals surface area contributed by atoms with Crippen LogP contribution < -0.4 is 9.47 Å². The molecular weight excluding hydrogens is 332 g/mol. The van der Waals surface area contributed by atoms with Crippen molar-refractivity contribution in [1.82, 2.24) is 4.90 Å². The lowest BCUT2D eigenvalue weighted by Crippen LogP contribution is -2.36. The number of amidine groups is 1. The fraction of sp³-hybridized carbons (Fsp3) is 0.300. The molecule has 134 valence electrons. The van der Waals surface area contributed by atoms with Gasteiger partial charge in [0.25, 0.3) is 0 Å². The van der Waals surface area contributed by atoms with Gasteiger partial charge in [-0.25, -0.2) is 4.79 Å². The minimum Gasteiger partial charge on any atom is -0.454 e. The van der Waals surface area contributed by atoms with E-state index in [1.807, 2.05) is 24.3 Å². The highest BCUT2D eigenvalue weighted by Crippen LogP contribution is 2.33. The summed E-state index contributed by atoms with van der Waals surface area (Å²) in [6.45, 7) is 1.99. The van der Waals surface area contributed by atoms with Crippen LogP contribution in [0.3, 0.4) is 0 Å². The van der Waals surface area contributed by atoms with Gasteiger partial charge in [0, 0.05) is 18.7 Å². The molecule has 0 unspecified atom stereocenters. The van der Waals surface area contributed by atoms with E-state index in [0.717, 1.165) is 31.5 Å². The molecule has 0 radical (unpaired) electrons. The summed E-state index contributed by atoms with van der Waals surface area (Å²) in [7, 11) is 0. The number of likely N-dealkylation sites (tertiary alicyclic amines) is 1. The van der Waals surface area contributed by atoms with Crippen molar-refractivity contribution in [2.45, 2.75) is 19.3 Å². The first kappa shape index (κ1) is 16.4. The van der Waals surface area contributed by atoms with Crippen molar-refractivity contribution in [3.63, 3.8) is 0 Å². The largest absolute Gasteiger partial charge is 0.454 e. The number of nitrogens with zero attached hydrogens (tertiary/aromatic N) is 2. The summed E-state index contributed by atoms with van der Waals surface area (Å²) >= 11 is 0. The lowest BCUT2D eigenvalue weighted by Gasteiger charge is -2.29. The third-order valence-electron chi connectivity index (χ3n) is 4.51. The van der Waals surface area contributed by atoms with Gasteiger partial charge in [-0.05, 0) is 49.6 Å². The zero-order chi connectivity index (χ0) is 17.8. The van der Waals surface area contributed by atoms with Crippen LogP contribution in [0.2, 0.25) is 0 Å². The summed E-state index contributed by atoms with van der Waals surface area (Å²) in [5, 5.41) is 4.22. The highest BCUT2D eigenvalue weighted by molar-refractivity contribution is 6.00. The maximum absolute atomic E-state index is 12.3. The number of hydrogen-bond acceptors (Lipinski definition) is 5. The molecule has 1 saturated heterocycles. The van der Waals surface area contributed by atoms with E-state index < -0.39 is 5.97 Å². The first-order valence-corrected chi connectivity index (χ1v) is 8.80. The molecule has 0 aromatic heterocycles. The van der Waals surface area contributed by atoms with E-state index in [1.165, 1.54) is 6.42 Å². The van der Waals surface area contributed by atoms with Gasteiger partial charge < -0.3 is 19.2 Å². The SMILES string of the molecule is O=C(O/N=C(/c1ccc2c(c1)OCO2)N1CCCCC1)c1ccccc1. The molecule has 6 heteroatoms. The van der Waals surface area contributed by atoms with Crippen molar-refractivity contribution in [3.8, 4) is 11.5 Å². The van der Waals surface area contributed by atoms with Gasteiger partial charge >= 0.3 is 5.97 Å². The molecule has 4 rings (SSSR count). The van der Waals surface area contributed by atoms with Gasteiger partial charge in [0.05, 0.1) is 5.56 Å². The number of carbonyl (C=O) groups is 1. The molecule has 0 N–H and O–H groups in total. The van der Waals surface area contributed by atoms with Gasteiger partial charge in [-0.15, -0.1) is 0 Å². The van der Waals surface area contributed by atoms with Gasteiger partial charge in [0.15, 0.2) is 17.3 Å². The van der Waals surface area contributed by atoms with Gasteiger partial charge in [-0.3, -0.25) is 0 Å². The predicted octanol–water partition coefficient (Wildman–Crippen LogP) is 3.42. The van der Waals surface area contributed by atoms with E-state index in [1.54, 1.807) is 24.3 Å². The quantitative estimate of drug-likeness (QED) is 0.367. The highest BCUT2D eigenvalue weighted by atomic mass is 16.7. The van der Waals surface area contributed by atoms with Crippen LogP contribution in [0.4, 0.5) is 0 Å². The Hall–Kier alpha value is -3.02. The minimum absolute atomic E-state index is 0.220. The highest BCUT2D eigenvalue weighted by Gasteiger charge is 2.21. The molecule has 0 spiro atoms. The molecule has 2 heterocycles. The van der Waals surface area contributed by atoms with Crippen molar-refractivity contribution in [2.24, 2.45) is 5.16 Å². The molecule has 2 aliphatic heterocycles. The van der Waals surface area contributed by atoms with Gasteiger partial charge in [0.1, 0.15) is 0 Å². The van der Waals surface area contributed by atoms with E-state index in [0.29, 0.717) is 22.9 Å². The van der Waals surface area contributed by atoms with E-state index in [-0.39, 0.29) is 6.79 Å². The fourth-order valence-corrected chi connectivity index (χ4v) is 3.15. The standard InChI is InChI=1S/C20H20N2O4/c23-20(15-7-3-1-4-8-15)26-21-19(22-11-5-2-6-12-22)16-9-10-17-18(13-16)25-14-24-17/h1,3-4,7-10,13H,2,5-6,11-12,14H2/b21-19-. The number of carbonyl (C=O) groups excluding carboxylic acids is 1. The van der Waals surface area contributed by atoms with Crippen LogP contribution in [0.1, 0.15) is 35.2 Å². The van der Waals surface area contributed by atoms with E-state index in [9.17, 15) is 4.79 Å². The third kappa shape index (κ3) is 3.49. The molecule has 2 aromatic rings. The monoisotopic (exact) mass is 352 g/mol. The zero-order valence-corrected chi connectivity index (χ0v) is 14.4. The lowest BCUT2D eigenvalue weighted by atomic mass is 10.1. The smallest absolute Gasteiger partial charge is 0.365 e. The Morgan fingerprint density at radius 2 is 1.69 bits per heavy atom. The second kappa shape index (κ2) is 7.47. The minimum atomic E-state index is -0.471. The molecule has 1 fully saturated rings. The second-order valence-electron chi connectivity index (χ2n) is 6.28. The topological polar surface area (TPSA) is 60.4 Å². The Kier molecular flexibility index (Phi) is 4.73. The fourth-order valence-electron chi connectivity index (χ4n) is 3.15. The first-order valence-electron chi connectivity index (χ1n) is 8.80. The molecule has 0 atom stereocenters. The van der Waals surface area contributed by atoms with Crippen LogP contribution in [0.15, 0.2) is 53.7 Å². The molecule has 26 heavy (non-hydrogen) atoms. The molecular formula is C20H20N2O4. The lowest BCUT2D eigenvalue weighted by molar-refractivity contribution is 0.0509. The van der Waals surface area contributed by atoms with Gasteiger partial charge in [0.2, 0.25) is 6.79 Å². The van der Waals surface area contributed by atoms with Gasteiger partial charge in [-0.1, -0.05) is 23.4 Å². The Morgan fingerprint density at radius 1 is 0.923 bits per heavy atom. The zero-order valence-electron chi connectivity index (χ0n) is 14.4. The number of fused-ring (bicyclic) bond motifs is 1. The summed E-state index contributed by atoms with van der Waals surface area (Å²) in [5.41, 5.74) is 1.32. The molecule has 0 amide bonds. The maximum atomic E-state index is 12.3. The first-order chi connectivity index (χ1) is 12.8. The number of ether oxygens (including phenoxy) is 2. The van der Waals surface area contributed by atoms with Crippen LogP contribution in [0.5, 0.6) is 11.5 Å². The summed E-state index contributed by atoms with van der Waals surface area (Å²) < 4.78 is 10.8. The van der Waals surface area contributed by atoms with Crippen LogP contribution in [0, 0.1) is 0 Å². The number of piperidine rings is 1. The normalized spacial score (nSPS) is 16.5. The van der Waals surface area contributed by atoms with Crippen molar-refractivity contribution in [1.29, 1.82) is 0 Å². The van der Waals surface area contributed by atoms with Crippen LogP contribution >= 0.6 is 0 Å². The maximum Gasteiger partial charge on any atom is 0.365 e. The molecule has 0 bridgehead atoms. The summed E-state index contributed by atoms with van der Waals surface area (Å²) in [4.78, 5) is 19.7. The Balaban J connectivity index is 1.61. The number of benzene rings is 2. The number of rotatable bonds is 3. The third-order valence-corrected chi connectivity index (χ3v) is 4.51. The Labute approximate surface area is 152 Å². The van der Waals surface area contributed by atoms with E-state index in [2.05, 4.69) is 10.1 Å². The van der Waals surface area contributed by atoms with Crippen LogP contribution in [-0.2, 0) is 4.84 Å². The van der Waals surface area contributed by atoms with Crippen molar-refractivity contribution >= 4 is 11.8 Å². The number of hydrogen-bond donors (Lipinski definition) is 0. The summed E-state index contributed by atoms with van der Waals surface area (Å²) in [5.74, 6) is 1.57. The van der Waals surface area contributed by atoms with Crippen LogP contribution in [0.25, 0.3) is 0 Å². The predicted molar refractivity (Wildman–Crippen MR) is 96.4 cm³/mol. The van der Waals surface area contributed by atoms with Crippen molar-refractivity contribution in [3.05, 3.63) is 59.7 Å². The van der Waals surface area contributed by atoms with Crippen molar-refractivity contribution < 1.29 is 19.1 Å². The van der Waals surface area contributed by atoms with Gasteiger partial charge in [-0.2, -0.15) is 0 Å². The van der Waals surface area contributed by atoms with E-state index >= 15 is 0 Å². The second-order valence-corrected chi connectivity index (χ2v) is 6.28. The number of oxime groups is 1. The molecule has 0 aliphatic carbocycles. The average molecular weight is 352 g/mol.